The van der Waals surface area contributed by atoms with Crippen molar-refractivity contribution < 1.29 is 54.6 Å². The molecule has 0 spiro atoms. The van der Waals surface area contributed by atoms with Gasteiger partial charge < -0.3 is 57.6 Å². The number of nitrogens with one attached hydrogen (secondary N) is 4. The van der Waals surface area contributed by atoms with Gasteiger partial charge in [-0.3, -0.25) is 19.2 Å². The second kappa shape index (κ2) is 15.7. The molecule has 0 saturated carbocycles. The van der Waals surface area contributed by atoms with Gasteiger partial charge in [-0.15, -0.1) is 0 Å². The fourth-order valence-corrected chi connectivity index (χ4v) is 3.32. The Labute approximate surface area is 229 Å². The number of aliphatic carboxylic acids is 1. The fraction of sp³-hybridized carbons (Fsp3) is 0.542. The third-order valence-electron chi connectivity index (χ3n) is 5.76. The number of hydrogen-bond acceptors (Lipinski definition) is 11. The van der Waals surface area contributed by atoms with Gasteiger partial charge >= 0.3 is 5.97 Å². The third-order valence-corrected chi connectivity index (χ3v) is 5.76. The molecular weight excluding hydrogens is 534 g/mol. The van der Waals surface area contributed by atoms with Gasteiger partial charge in [-0.1, -0.05) is 12.1 Å². The summed E-state index contributed by atoms with van der Waals surface area (Å²) in [5, 5.41) is 66.4. The average Bonchev–Trinajstić information content (AvgIpc) is 2.87. The van der Waals surface area contributed by atoms with Crippen LogP contribution >= 0.6 is 0 Å². The van der Waals surface area contributed by atoms with E-state index in [0.717, 1.165) is 13.8 Å². The molecule has 8 atom stereocenters. The lowest BCUT2D eigenvalue weighted by Gasteiger charge is -2.27. The summed E-state index contributed by atoms with van der Waals surface area (Å²) < 4.78 is 0. The van der Waals surface area contributed by atoms with Gasteiger partial charge in [-0.2, -0.15) is 0 Å². The maximum Gasteiger partial charge on any atom is 0.328 e. The van der Waals surface area contributed by atoms with Crippen LogP contribution in [0.15, 0.2) is 24.3 Å². The highest BCUT2D eigenvalue weighted by molar-refractivity contribution is 5.95. The highest BCUT2D eigenvalue weighted by atomic mass is 16.4. The molecule has 1 rings (SSSR count). The van der Waals surface area contributed by atoms with Gasteiger partial charge in [-0.05, 0) is 38.5 Å². The van der Waals surface area contributed by atoms with Crippen molar-refractivity contribution in [2.24, 2.45) is 5.73 Å². The van der Waals surface area contributed by atoms with Gasteiger partial charge in [0.25, 0.3) is 0 Å². The number of phenols is 1. The normalized spacial score (nSPS) is 17.1. The average molecular weight is 572 g/mol. The maximum atomic E-state index is 13.0. The van der Waals surface area contributed by atoms with Crippen LogP contribution in [0.3, 0.4) is 0 Å². The minimum atomic E-state index is -1.72. The second-order valence-electron chi connectivity index (χ2n) is 9.23. The van der Waals surface area contributed by atoms with Crippen LogP contribution in [0.25, 0.3) is 0 Å². The van der Waals surface area contributed by atoms with Gasteiger partial charge in [0.15, 0.2) is 6.04 Å². The molecule has 0 heterocycles. The molecule has 1 aromatic carbocycles. The zero-order valence-corrected chi connectivity index (χ0v) is 22.1. The molecule has 0 radical (unpaired) electrons. The quantitative estimate of drug-likeness (QED) is 0.0949. The first-order valence-corrected chi connectivity index (χ1v) is 12.2. The van der Waals surface area contributed by atoms with Crippen LogP contribution in [0.5, 0.6) is 5.75 Å². The maximum absolute atomic E-state index is 13.0. The summed E-state index contributed by atoms with van der Waals surface area (Å²) in [7, 11) is 0. The summed E-state index contributed by atoms with van der Waals surface area (Å²) in [5.74, 6) is -5.80. The molecule has 4 amide bonds. The molecule has 0 aliphatic heterocycles. The van der Waals surface area contributed by atoms with Crippen molar-refractivity contribution >= 4 is 29.6 Å². The van der Waals surface area contributed by atoms with Crippen LogP contribution in [0.2, 0.25) is 0 Å². The zero-order chi connectivity index (χ0) is 30.7. The van der Waals surface area contributed by atoms with E-state index >= 15 is 0 Å². The van der Waals surface area contributed by atoms with Crippen molar-refractivity contribution in [3.63, 3.8) is 0 Å². The Morgan fingerprint density at radius 2 is 1.20 bits per heavy atom. The van der Waals surface area contributed by atoms with Gasteiger partial charge in [0, 0.05) is 6.42 Å². The Morgan fingerprint density at radius 1 is 0.725 bits per heavy atom. The molecule has 12 N–H and O–H groups in total. The van der Waals surface area contributed by atoms with Gasteiger partial charge in [-0.25, -0.2) is 4.79 Å². The van der Waals surface area contributed by atoms with E-state index in [0.29, 0.717) is 5.56 Å². The van der Waals surface area contributed by atoms with Crippen LogP contribution in [-0.4, -0.2) is 115 Å². The fourth-order valence-electron chi connectivity index (χ4n) is 3.32. The Bertz CT molecular complexity index is 1030. The van der Waals surface area contributed by atoms with E-state index in [2.05, 4.69) is 21.3 Å². The monoisotopic (exact) mass is 571 g/mol. The van der Waals surface area contributed by atoms with E-state index in [9.17, 15) is 54.6 Å². The van der Waals surface area contributed by atoms with Crippen molar-refractivity contribution in [2.75, 3.05) is 6.61 Å². The van der Waals surface area contributed by atoms with Crippen molar-refractivity contribution in [2.45, 2.75) is 75.7 Å². The largest absolute Gasteiger partial charge is 0.508 e. The SMILES string of the molecule is C[C@@H](O)[C@H](N)C(=O)N[C@H](C(=O)N[C@@H](CO)C(=O)N[C@@H](Cc1ccc(O)cc1)C(=O)N[C@H](C(=O)O)[C@@H](C)O)[C@@H](C)O. The van der Waals surface area contributed by atoms with Gasteiger partial charge in [0.1, 0.15) is 29.9 Å². The molecule has 0 aliphatic rings. The summed E-state index contributed by atoms with van der Waals surface area (Å²) >= 11 is 0. The number of aliphatic hydroxyl groups is 4. The molecule has 0 fully saturated rings. The predicted octanol–water partition coefficient (Wildman–Crippen LogP) is -4.58. The minimum absolute atomic E-state index is 0.0777. The molecule has 0 aromatic heterocycles. The summed E-state index contributed by atoms with van der Waals surface area (Å²) in [6.45, 7) is 2.55. The molecule has 0 unspecified atom stereocenters. The first-order chi connectivity index (χ1) is 18.6. The molecule has 1 aromatic rings. The van der Waals surface area contributed by atoms with Crippen molar-refractivity contribution in [1.29, 1.82) is 0 Å². The molecule has 224 valence electrons. The number of aromatic hydroxyl groups is 1. The van der Waals surface area contributed by atoms with E-state index in [4.69, 9.17) is 5.73 Å². The zero-order valence-electron chi connectivity index (χ0n) is 22.1. The Balaban J connectivity index is 3.12. The van der Waals surface area contributed by atoms with E-state index in [1.165, 1.54) is 31.2 Å². The number of carboxylic acid groups (broad SMARTS) is 1. The summed E-state index contributed by atoms with van der Waals surface area (Å²) in [4.78, 5) is 62.2. The number of benzene rings is 1. The molecule has 0 aliphatic carbocycles. The van der Waals surface area contributed by atoms with Crippen molar-refractivity contribution in [1.82, 2.24) is 21.3 Å². The Hall–Kier alpha value is -3.83. The van der Waals surface area contributed by atoms with Crippen molar-refractivity contribution in [3.05, 3.63) is 29.8 Å². The number of nitrogens with two attached hydrogens (primary N) is 1. The number of carboxylic acids is 1. The minimum Gasteiger partial charge on any atom is -0.508 e. The lowest BCUT2D eigenvalue weighted by atomic mass is 10.0. The summed E-state index contributed by atoms with van der Waals surface area (Å²) in [6.07, 6.45) is -4.49. The lowest BCUT2D eigenvalue weighted by Crippen LogP contribution is -2.62. The number of amides is 4. The molecule has 40 heavy (non-hydrogen) atoms. The van der Waals surface area contributed by atoms with Gasteiger partial charge in [0.05, 0.1) is 24.9 Å². The van der Waals surface area contributed by atoms with Crippen LogP contribution in [0.1, 0.15) is 26.3 Å². The number of hydrogen-bond donors (Lipinski definition) is 11. The number of rotatable bonds is 15. The lowest BCUT2D eigenvalue weighted by molar-refractivity contribution is -0.145. The molecular formula is C24H37N5O11. The predicted molar refractivity (Wildman–Crippen MR) is 137 cm³/mol. The smallest absolute Gasteiger partial charge is 0.328 e. The first-order valence-electron chi connectivity index (χ1n) is 12.2. The number of carbonyl (C=O) groups is 5. The van der Waals surface area contributed by atoms with E-state index in [1.54, 1.807) is 0 Å². The highest BCUT2D eigenvalue weighted by Gasteiger charge is 2.34. The third kappa shape index (κ3) is 10.4. The molecule has 16 heteroatoms. The van der Waals surface area contributed by atoms with E-state index in [1.807, 2.05) is 0 Å². The Kier molecular flexibility index (Phi) is 13.4. The highest BCUT2D eigenvalue weighted by Crippen LogP contribution is 2.12. The molecule has 0 saturated heterocycles. The van der Waals surface area contributed by atoms with Crippen LogP contribution in [0, 0.1) is 0 Å². The second-order valence-corrected chi connectivity index (χ2v) is 9.23. The first kappa shape index (κ1) is 34.2. The summed E-state index contributed by atoms with van der Waals surface area (Å²) in [6, 6.07) is -2.46. The van der Waals surface area contributed by atoms with E-state index in [-0.39, 0.29) is 12.2 Å². The van der Waals surface area contributed by atoms with Crippen LogP contribution < -0.4 is 27.0 Å². The van der Waals surface area contributed by atoms with Gasteiger partial charge in [0.2, 0.25) is 23.6 Å². The topological polar surface area (TPSA) is 281 Å². The number of aliphatic hydroxyl groups excluding tert-OH is 4. The number of phenolic OH excluding ortho intramolecular Hbond substituents is 1. The standard InChI is InChI=1S/C24H37N5O11/c1-10(31)17(25)22(37)28-18(11(2)32)23(38)27-16(9-30)21(36)26-15(8-13-4-6-14(34)7-5-13)20(35)29-19(12(3)33)24(39)40/h4-7,10-12,15-19,30-34H,8-9,25H2,1-3H3,(H,26,36)(H,27,38)(H,28,37)(H,29,35)(H,39,40)/t10-,11-,12-,15+,16+,17+,18+,19+/m1/s1. The van der Waals surface area contributed by atoms with Crippen LogP contribution in [-0.2, 0) is 30.4 Å². The van der Waals surface area contributed by atoms with E-state index < -0.39 is 84.7 Å². The number of carbonyl (C=O) groups excluding carboxylic acids is 4. The Morgan fingerprint density at radius 3 is 1.65 bits per heavy atom. The molecule has 16 nitrogen and oxygen atoms in total. The van der Waals surface area contributed by atoms with Crippen molar-refractivity contribution in [3.8, 4) is 5.75 Å². The summed E-state index contributed by atoms with van der Waals surface area (Å²) in [5.41, 5.74) is 5.96. The van der Waals surface area contributed by atoms with Crippen LogP contribution in [0.4, 0.5) is 0 Å². The molecule has 0 bridgehead atoms.